The number of pyridine rings is 1. The summed E-state index contributed by atoms with van der Waals surface area (Å²) in [7, 11) is 0. The van der Waals surface area contributed by atoms with E-state index < -0.39 is 0 Å². The van der Waals surface area contributed by atoms with Crippen LogP contribution in [0.15, 0.2) is 58.7 Å². The van der Waals surface area contributed by atoms with Crippen LogP contribution in [0.1, 0.15) is 0 Å². The molecule has 0 aliphatic heterocycles. The number of nitrogen functional groups attached to an aromatic ring is 1. The highest BCUT2D eigenvalue weighted by molar-refractivity contribution is 7.99. The van der Waals surface area contributed by atoms with Gasteiger partial charge in [0.15, 0.2) is 0 Å². The number of hydrogen-bond donors (Lipinski definition) is 1. The molecule has 0 aliphatic carbocycles. The molecule has 3 aromatic rings. The Bertz CT molecular complexity index is 694. The number of nitrogens with two attached hydrogens (primary N) is 1. The van der Waals surface area contributed by atoms with Crippen LogP contribution in [-0.4, -0.2) is 15.2 Å². The van der Waals surface area contributed by atoms with Gasteiger partial charge >= 0.3 is 0 Å². The van der Waals surface area contributed by atoms with Crippen molar-refractivity contribution in [3.8, 4) is 0 Å². The van der Waals surface area contributed by atoms with Crippen LogP contribution in [0.2, 0.25) is 0 Å². The van der Waals surface area contributed by atoms with Crippen molar-refractivity contribution < 1.29 is 0 Å². The number of rotatable bonds is 2. The Morgan fingerprint density at radius 1 is 1.06 bits per heavy atom. The first kappa shape index (κ1) is 11.0. The standard InChI is InChI=1S/C13H10N4S/c14-10-5-3-7-15-13(10)18-12-8-16-17-11-6-2-1-4-9(11)12/h1-8H,14H2. The van der Waals surface area contributed by atoms with Gasteiger partial charge in [0, 0.05) is 16.5 Å². The van der Waals surface area contributed by atoms with Crippen molar-refractivity contribution in [2.45, 2.75) is 9.92 Å². The molecule has 0 spiro atoms. The number of aromatic nitrogens is 3. The van der Waals surface area contributed by atoms with E-state index in [0.29, 0.717) is 5.69 Å². The molecule has 18 heavy (non-hydrogen) atoms. The van der Waals surface area contributed by atoms with Crippen LogP contribution < -0.4 is 5.73 Å². The van der Waals surface area contributed by atoms with E-state index >= 15 is 0 Å². The molecule has 0 amide bonds. The maximum absolute atomic E-state index is 5.89. The van der Waals surface area contributed by atoms with E-state index in [9.17, 15) is 0 Å². The molecule has 2 aromatic heterocycles. The van der Waals surface area contributed by atoms with Crippen molar-refractivity contribution in [1.82, 2.24) is 15.2 Å². The van der Waals surface area contributed by atoms with Gasteiger partial charge in [0.1, 0.15) is 5.03 Å². The van der Waals surface area contributed by atoms with Gasteiger partial charge in [0.05, 0.1) is 17.4 Å². The van der Waals surface area contributed by atoms with Gasteiger partial charge < -0.3 is 5.73 Å². The third-order valence-electron chi connectivity index (χ3n) is 2.52. The molecule has 0 radical (unpaired) electrons. The summed E-state index contributed by atoms with van der Waals surface area (Å²) < 4.78 is 0. The van der Waals surface area contributed by atoms with E-state index in [1.807, 2.05) is 36.4 Å². The number of nitrogens with zero attached hydrogens (tertiary/aromatic N) is 3. The Balaban J connectivity index is 2.08. The summed E-state index contributed by atoms with van der Waals surface area (Å²) >= 11 is 1.51. The smallest absolute Gasteiger partial charge is 0.124 e. The van der Waals surface area contributed by atoms with Crippen molar-refractivity contribution in [2.24, 2.45) is 0 Å². The van der Waals surface area contributed by atoms with E-state index in [0.717, 1.165) is 20.8 Å². The quantitative estimate of drug-likeness (QED) is 0.761. The third-order valence-corrected chi connectivity index (χ3v) is 3.60. The van der Waals surface area contributed by atoms with E-state index in [1.165, 1.54) is 11.8 Å². The van der Waals surface area contributed by atoms with Gasteiger partial charge in [0.25, 0.3) is 0 Å². The Labute approximate surface area is 108 Å². The molecule has 0 unspecified atom stereocenters. The summed E-state index contributed by atoms with van der Waals surface area (Å²) in [5.41, 5.74) is 7.44. The first-order valence-corrected chi connectivity index (χ1v) is 6.25. The van der Waals surface area contributed by atoms with Gasteiger partial charge in [-0.3, -0.25) is 0 Å². The van der Waals surface area contributed by atoms with E-state index in [-0.39, 0.29) is 0 Å². The third kappa shape index (κ3) is 2.00. The molecule has 0 saturated heterocycles. The molecule has 0 bridgehead atoms. The Kier molecular flexibility index (Phi) is 2.82. The van der Waals surface area contributed by atoms with Crippen molar-refractivity contribution in [3.05, 3.63) is 48.8 Å². The second-order valence-corrected chi connectivity index (χ2v) is 4.76. The molecule has 2 heterocycles. The van der Waals surface area contributed by atoms with Gasteiger partial charge in [-0.15, -0.1) is 0 Å². The van der Waals surface area contributed by atoms with Crippen LogP contribution in [0, 0.1) is 0 Å². The summed E-state index contributed by atoms with van der Waals surface area (Å²) in [6.45, 7) is 0. The highest BCUT2D eigenvalue weighted by atomic mass is 32.2. The predicted molar refractivity (Wildman–Crippen MR) is 72.3 cm³/mol. The number of anilines is 1. The van der Waals surface area contributed by atoms with Crippen molar-refractivity contribution in [1.29, 1.82) is 0 Å². The fourth-order valence-electron chi connectivity index (χ4n) is 1.66. The van der Waals surface area contributed by atoms with Gasteiger partial charge in [-0.25, -0.2) is 4.98 Å². The lowest BCUT2D eigenvalue weighted by Gasteiger charge is -2.05. The minimum absolute atomic E-state index is 0.670. The normalized spacial score (nSPS) is 10.7. The summed E-state index contributed by atoms with van der Waals surface area (Å²) in [4.78, 5) is 5.28. The zero-order valence-corrected chi connectivity index (χ0v) is 10.3. The maximum atomic E-state index is 5.89. The first-order valence-electron chi connectivity index (χ1n) is 5.43. The molecule has 1 aromatic carbocycles. The predicted octanol–water partition coefficient (Wildman–Crippen LogP) is 2.76. The first-order chi connectivity index (χ1) is 8.84. The maximum Gasteiger partial charge on any atom is 0.124 e. The number of hydrogen-bond acceptors (Lipinski definition) is 5. The molecule has 88 valence electrons. The molecular formula is C13H10N4S. The summed E-state index contributed by atoms with van der Waals surface area (Å²) in [5, 5.41) is 9.94. The second kappa shape index (κ2) is 4.62. The molecule has 3 rings (SSSR count). The van der Waals surface area contributed by atoms with Crippen LogP contribution in [0.4, 0.5) is 5.69 Å². The average molecular weight is 254 g/mol. The number of benzene rings is 1. The fraction of sp³-hybridized carbons (Fsp3) is 0. The molecule has 0 atom stereocenters. The largest absolute Gasteiger partial charge is 0.397 e. The van der Waals surface area contributed by atoms with Crippen LogP contribution in [0.3, 0.4) is 0 Å². The summed E-state index contributed by atoms with van der Waals surface area (Å²) in [6, 6.07) is 11.5. The Hall–Kier alpha value is -2.14. The van der Waals surface area contributed by atoms with Crippen molar-refractivity contribution in [3.63, 3.8) is 0 Å². The van der Waals surface area contributed by atoms with Crippen molar-refractivity contribution in [2.75, 3.05) is 5.73 Å². The van der Waals surface area contributed by atoms with Crippen LogP contribution >= 0.6 is 11.8 Å². The van der Waals surface area contributed by atoms with Gasteiger partial charge in [0.2, 0.25) is 0 Å². The molecule has 2 N–H and O–H groups in total. The SMILES string of the molecule is Nc1cccnc1Sc1cnnc2ccccc12. The highest BCUT2D eigenvalue weighted by Gasteiger charge is 2.07. The van der Waals surface area contributed by atoms with E-state index in [4.69, 9.17) is 5.73 Å². The van der Waals surface area contributed by atoms with Crippen molar-refractivity contribution >= 4 is 28.4 Å². The van der Waals surface area contributed by atoms with Gasteiger partial charge in [-0.1, -0.05) is 30.0 Å². The molecule has 0 fully saturated rings. The molecule has 5 heteroatoms. The molecular weight excluding hydrogens is 244 g/mol. The molecule has 0 saturated carbocycles. The van der Waals surface area contributed by atoms with E-state index in [2.05, 4.69) is 15.2 Å². The zero-order valence-electron chi connectivity index (χ0n) is 9.45. The fourth-order valence-corrected chi connectivity index (χ4v) is 2.55. The topological polar surface area (TPSA) is 64.7 Å². The second-order valence-electron chi connectivity index (χ2n) is 3.73. The molecule has 4 nitrogen and oxygen atoms in total. The Morgan fingerprint density at radius 2 is 1.94 bits per heavy atom. The lowest BCUT2D eigenvalue weighted by Crippen LogP contribution is -1.92. The summed E-state index contributed by atoms with van der Waals surface area (Å²) in [5.74, 6) is 0. The monoisotopic (exact) mass is 254 g/mol. The summed E-state index contributed by atoms with van der Waals surface area (Å²) in [6.07, 6.45) is 3.47. The van der Waals surface area contributed by atoms with Crippen LogP contribution in [-0.2, 0) is 0 Å². The van der Waals surface area contributed by atoms with Crippen LogP contribution in [0.5, 0.6) is 0 Å². The Morgan fingerprint density at radius 3 is 2.83 bits per heavy atom. The minimum Gasteiger partial charge on any atom is -0.397 e. The van der Waals surface area contributed by atoms with Gasteiger partial charge in [-0.2, -0.15) is 10.2 Å². The van der Waals surface area contributed by atoms with Gasteiger partial charge in [-0.05, 0) is 18.2 Å². The zero-order chi connectivity index (χ0) is 12.4. The minimum atomic E-state index is 0.670. The lowest BCUT2D eigenvalue weighted by molar-refractivity contribution is 1.04. The molecule has 0 aliphatic rings. The highest BCUT2D eigenvalue weighted by Crippen LogP contribution is 2.33. The number of fused-ring (bicyclic) bond motifs is 1. The average Bonchev–Trinajstić information content (AvgIpc) is 2.42. The lowest BCUT2D eigenvalue weighted by atomic mass is 10.2. The van der Waals surface area contributed by atoms with Crippen LogP contribution in [0.25, 0.3) is 10.9 Å². The van der Waals surface area contributed by atoms with E-state index in [1.54, 1.807) is 12.4 Å².